The van der Waals surface area contributed by atoms with Gasteiger partial charge in [0.1, 0.15) is 0 Å². The molecule has 2 rings (SSSR count). The molecule has 0 N–H and O–H groups in total. The molecule has 4 nitrogen and oxygen atoms in total. The van der Waals surface area contributed by atoms with E-state index < -0.39 is 11.6 Å². The average molecular weight is 282 g/mol. The minimum Gasteiger partial charge on any atom is -0.348 e. The van der Waals surface area contributed by atoms with Crippen molar-refractivity contribution in [1.82, 2.24) is 0 Å². The fourth-order valence-electron chi connectivity index (χ4n) is 2.45. The van der Waals surface area contributed by atoms with E-state index in [4.69, 9.17) is 18.9 Å². The summed E-state index contributed by atoms with van der Waals surface area (Å²) in [4.78, 5) is 0. The topological polar surface area (TPSA) is 36.9 Å². The predicted molar refractivity (Wildman–Crippen MR) is 76.1 cm³/mol. The van der Waals surface area contributed by atoms with E-state index in [2.05, 4.69) is 11.8 Å². The first-order valence-electron chi connectivity index (χ1n) is 7.46. The van der Waals surface area contributed by atoms with Crippen molar-refractivity contribution in [3.8, 4) is 11.8 Å². The van der Waals surface area contributed by atoms with Gasteiger partial charge in [0.25, 0.3) is 0 Å². The van der Waals surface area contributed by atoms with Crippen molar-refractivity contribution < 1.29 is 18.9 Å². The maximum absolute atomic E-state index is 5.73. The Morgan fingerprint density at radius 1 is 0.800 bits per heavy atom. The molecule has 0 spiro atoms. The zero-order valence-corrected chi connectivity index (χ0v) is 13.0. The highest BCUT2D eigenvalue weighted by molar-refractivity contribution is 4.99. The van der Waals surface area contributed by atoms with Crippen molar-refractivity contribution in [2.24, 2.45) is 0 Å². The Morgan fingerprint density at radius 2 is 1.20 bits per heavy atom. The summed E-state index contributed by atoms with van der Waals surface area (Å²) >= 11 is 0. The smallest absolute Gasteiger partial charge is 0.163 e. The third-order valence-corrected chi connectivity index (χ3v) is 3.44. The van der Waals surface area contributed by atoms with Crippen LogP contribution >= 0.6 is 0 Å². The van der Waals surface area contributed by atoms with Crippen molar-refractivity contribution in [3.05, 3.63) is 0 Å². The van der Waals surface area contributed by atoms with Crippen LogP contribution in [0.25, 0.3) is 0 Å². The third kappa shape index (κ3) is 5.06. The van der Waals surface area contributed by atoms with Gasteiger partial charge in [0.2, 0.25) is 0 Å². The van der Waals surface area contributed by atoms with Gasteiger partial charge in [0.15, 0.2) is 11.6 Å². The van der Waals surface area contributed by atoms with Crippen LogP contribution in [0, 0.1) is 11.8 Å². The zero-order chi connectivity index (χ0) is 14.6. The Bertz CT molecular complexity index is 344. The lowest BCUT2D eigenvalue weighted by Crippen LogP contribution is -2.21. The molecule has 2 saturated heterocycles. The normalized spacial score (nSPS) is 31.0. The van der Waals surface area contributed by atoms with Crippen LogP contribution in [-0.4, -0.2) is 37.0 Å². The first kappa shape index (κ1) is 15.8. The van der Waals surface area contributed by atoms with E-state index in [1.54, 1.807) is 0 Å². The Kier molecular flexibility index (Phi) is 5.09. The van der Waals surface area contributed by atoms with Gasteiger partial charge in [-0.1, -0.05) is 0 Å². The van der Waals surface area contributed by atoms with Crippen LogP contribution in [0.4, 0.5) is 0 Å². The highest BCUT2D eigenvalue weighted by Gasteiger charge is 2.32. The summed E-state index contributed by atoms with van der Waals surface area (Å²) in [6.07, 6.45) is 3.96. The summed E-state index contributed by atoms with van der Waals surface area (Å²) in [5.74, 6) is 5.55. The molecule has 114 valence electrons. The Hall–Kier alpha value is -0.600. The summed E-state index contributed by atoms with van der Waals surface area (Å²) in [6, 6.07) is 0. The van der Waals surface area contributed by atoms with E-state index in [-0.39, 0.29) is 12.2 Å². The summed E-state index contributed by atoms with van der Waals surface area (Å²) in [7, 11) is 0. The van der Waals surface area contributed by atoms with Crippen LogP contribution in [0.1, 0.15) is 53.4 Å². The molecule has 0 aromatic heterocycles. The van der Waals surface area contributed by atoms with Crippen LogP contribution in [0.5, 0.6) is 0 Å². The van der Waals surface area contributed by atoms with Crippen molar-refractivity contribution >= 4 is 0 Å². The summed E-state index contributed by atoms with van der Waals surface area (Å²) < 4.78 is 22.5. The summed E-state index contributed by atoms with van der Waals surface area (Å²) in [5, 5.41) is 0. The van der Waals surface area contributed by atoms with Gasteiger partial charge in [-0.05, 0) is 40.5 Å². The summed E-state index contributed by atoms with van der Waals surface area (Å²) in [5.41, 5.74) is 0. The molecule has 0 radical (unpaired) electrons. The molecule has 0 unspecified atom stereocenters. The standard InChI is InChI=1S/C16H26O4/c1-15(2)17-11-13(19-15)9-7-5-6-8-10-14-12-18-16(3,4)20-14/h13-14H,7-12H2,1-4H3/t13-,14-/m1/s1. The highest BCUT2D eigenvalue weighted by atomic mass is 16.7. The molecule has 4 heteroatoms. The largest absolute Gasteiger partial charge is 0.348 e. The number of rotatable bonds is 4. The third-order valence-electron chi connectivity index (χ3n) is 3.44. The van der Waals surface area contributed by atoms with Gasteiger partial charge in [-0.15, -0.1) is 11.8 Å². The first-order valence-corrected chi connectivity index (χ1v) is 7.46. The van der Waals surface area contributed by atoms with Crippen molar-refractivity contribution in [2.45, 2.75) is 77.2 Å². The van der Waals surface area contributed by atoms with Crippen LogP contribution in [0.15, 0.2) is 0 Å². The monoisotopic (exact) mass is 282 g/mol. The number of hydrogen-bond acceptors (Lipinski definition) is 4. The molecule has 0 aromatic rings. The van der Waals surface area contributed by atoms with Crippen LogP contribution < -0.4 is 0 Å². The first-order chi connectivity index (χ1) is 9.36. The molecule has 0 bridgehead atoms. The highest BCUT2D eigenvalue weighted by Crippen LogP contribution is 2.25. The van der Waals surface area contributed by atoms with Crippen molar-refractivity contribution in [2.75, 3.05) is 13.2 Å². The van der Waals surface area contributed by atoms with E-state index in [9.17, 15) is 0 Å². The second kappa shape index (κ2) is 6.44. The SMILES string of the molecule is CC1(C)OC[C@@H](CCC#CCC[C@@H]2COC(C)(C)O2)O1. The van der Waals surface area contributed by atoms with Crippen molar-refractivity contribution in [3.63, 3.8) is 0 Å². The van der Waals surface area contributed by atoms with Gasteiger partial charge in [0.05, 0.1) is 25.4 Å². The van der Waals surface area contributed by atoms with Gasteiger partial charge in [0, 0.05) is 12.8 Å². The van der Waals surface area contributed by atoms with Gasteiger partial charge in [-0.3, -0.25) is 0 Å². The predicted octanol–water partition coefficient (Wildman–Crippen LogP) is 2.85. The fraction of sp³-hybridized carbons (Fsp3) is 0.875. The Labute approximate surface area is 122 Å². The Morgan fingerprint density at radius 3 is 1.50 bits per heavy atom. The van der Waals surface area contributed by atoms with Gasteiger partial charge in [-0.2, -0.15) is 0 Å². The number of hydrogen-bond donors (Lipinski definition) is 0. The van der Waals surface area contributed by atoms with E-state index in [0.29, 0.717) is 13.2 Å². The minimum atomic E-state index is -0.426. The number of ether oxygens (including phenoxy) is 4. The van der Waals surface area contributed by atoms with E-state index in [1.807, 2.05) is 27.7 Å². The minimum absolute atomic E-state index is 0.187. The second-order valence-electron chi connectivity index (χ2n) is 6.33. The van der Waals surface area contributed by atoms with Crippen LogP contribution in [-0.2, 0) is 18.9 Å². The molecule has 2 atom stereocenters. The molecule has 2 heterocycles. The average Bonchev–Trinajstić information content (AvgIpc) is 2.86. The van der Waals surface area contributed by atoms with Crippen LogP contribution in [0.3, 0.4) is 0 Å². The van der Waals surface area contributed by atoms with Crippen LogP contribution in [0.2, 0.25) is 0 Å². The molecule has 2 fully saturated rings. The fourth-order valence-corrected chi connectivity index (χ4v) is 2.45. The van der Waals surface area contributed by atoms with Gasteiger partial charge in [-0.25, -0.2) is 0 Å². The molecule has 2 aliphatic heterocycles. The van der Waals surface area contributed by atoms with E-state index in [0.717, 1.165) is 25.7 Å². The molecular formula is C16H26O4. The zero-order valence-electron chi connectivity index (χ0n) is 13.0. The molecule has 0 saturated carbocycles. The lowest BCUT2D eigenvalue weighted by Gasteiger charge is -2.16. The van der Waals surface area contributed by atoms with Gasteiger partial charge < -0.3 is 18.9 Å². The molecule has 0 aromatic carbocycles. The molecule has 2 aliphatic rings. The maximum Gasteiger partial charge on any atom is 0.163 e. The Balaban J connectivity index is 1.55. The van der Waals surface area contributed by atoms with Gasteiger partial charge >= 0.3 is 0 Å². The lowest BCUT2D eigenvalue weighted by molar-refractivity contribution is -0.139. The molecule has 0 aliphatic carbocycles. The molecule has 20 heavy (non-hydrogen) atoms. The molecular weight excluding hydrogens is 256 g/mol. The van der Waals surface area contributed by atoms with E-state index >= 15 is 0 Å². The van der Waals surface area contributed by atoms with Crippen molar-refractivity contribution in [1.29, 1.82) is 0 Å². The second-order valence-corrected chi connectivity index (χ2v) is 6.33. The lowest BCUT2D eigenvalue weighted by atomic mass is 10.2. The summed E-state index contributed by atoms with van der Waals surface area (Å²) in [6.45, 7) is 9.15. The van der Waals surface area contributed by atoms with E-state index in [1.165, 1.54) is 0 Å². The maximum atomic E-state index is 5.73. The quantitative estimate of drug-likeness (QED) is 0.743. The molecule has 0 amide bonds.